The molecule has 3 unspecified atom stereocenters. The molecule has 0 amide bonds. The lowest BCUT2D eigenvalue weighted by Crippen LogP contribution is -2.41. The van der Waals surface area contributed by atoms with Crippen molar-refractivity contribution in [2.75, 3.05) is 19.7 Å². The molecular formula is C15H21NO2. The molecule has 1 fully saturated rings. The van der Waals surface area contributed by atoms with E-state index in [1.807, 2.05) is 6.07 Å². The fourth-order valence-corrected chi connectivity index (χ4v) is 3.21. The summed E-state index contributed by atoms with van der Waals surface area (Å²) in [5, 5.41) is 10.5. The van der Waals surface area contributed by atoms with E-state index < -0.39 is 0 Å². The number of aliphatic hydroxyl groups is 1. The molecule has 3 rings (SSSR count). The van der Waals surface area contributed by atoms with Crippen molar-refractivity contribution in [3.8, 4) is 0 Å². The average molecular weight is 247 g/mol. The number of hydrogen-bond donors (Lipinski definition) is 1. The number of nitrogens with zero attached hydrogens (tertiary/aromatic N) is 1. The van der Waals surface area contributed by atoms with E-state index in [2.05, 4.69) is 30.0 Å². The molecule has 0 bridgehead atoms. The van der Waals surface area contributed by atoms with Crippen LogP contribution in [0.5, 0.6) is 0 Å². The van der Waals surface area contributed by atoms with Crippen LogP contribution in [0.2, 0.25) is 0 Å². The SMILES string of the molecule is CC1CN(C2Cc3ccccc3C2O)CCCO1. The van der Waals surface area contributed by atoms with Gasteiger partial charge in [-0.15, -0.1) is 0 Å². The fraction of sp³-hybridized carbons (Fsp3) is 0.600. The molecule has 1 saturated heterocycles. The number of ether oxygens (including phenoxy) is 1. The van der Waals surface area contributed by atoms with Crippen LogP contribution in [0.4, 0.5) is 0 Å². The minimum Gasteiger partial charge on any atom is -0.387 e. The summed E-state index contributed by atoms with van der Waals surface area (Å²) in [6, 6.07) is 8.49. The quantitative estimate of drug-likeness (QED) is 0.820. The molecule has 1 aromatic carbocycles. The van der Waals surface area contributed by atoms with Crippen molar-refractivity contribution in [2.45, 2.75) is 38.0 Å². The summed E-state index contributed by atoms with van der Waals surface area (Å²) in [4.78, 5) is 2.41. The summed E-state index contributed by atoms with van der Waals surface area (Å²) < 4.78 is 5.68. The molecule has 98 valence electrons. The monoisotopic (exact) mass is 247 g/mol. The van der Waals surface area contributed by atoms with Crippen molar-refractivity contribution in [1.82, 2.24) is 4.90 Å². The number of benzene rings is 1. The van der Waals surface area contributed by atoms with Gasteiger partial charge in [-0.1, -0.05) is 24.3 Å². The fourth-order valence-electron chi connectivity index (χ4n) is 3.21. The van der Waals surface area contributed by atoms with Crippen molar-refractivity contribution >= 4 is 0 Å². The lowest BCUT2D eigenvalue weighted by molar-refractivity contribution is 0.0314. The van der Waals surface area contributed by atoms with Crippen LogP contribution >= 0.6 is 0 Å². The predicted molar refractivity (Wildman–Crippen MR) is 70.5 cm³/mol. The van der Waals surface area contributed by atoms with E-state index >= 15 is 0 Å². The van der Waals surface area contributed by atoms with E-state index in [-0.39, 0.29) is 18.2 Å². The maximum absolute atomic E-state index is 10.5. The van der Waals surface area contributed by atoms with E-state index in [4.69, 9.17) is 4.74 Å². The Kier molecular flexibility index (Phi) is 3.37. The van der Waals surface area contributed by atoms with Gasteiger partial charge in [0.1, 0.15) is 0 Å². The highest BCUT2D eigenvalue weighted by Crippen LogP contribution is 2.34. The zero-order valence-corrected chi connectivity index (χ0v) is 10.9. The zero-order valence-electron chi connectivity index (χ0n) is 10.9. The third kappa shape index (κ3) is 2.18. The van der Waals surface area contributed by atoms with Gasteiger partial charge in [0.05, 0.1) is 12.2 Å². The number of fused-ring (bicyclic) bond motifs is 1. The Morgan fingerprint density at radius 3 is 3.00 bits per heavy atom. The largest absolute Gasteiger partial charge is 0.387 e. The first-order chi connectivity index (χ1) is 8.75. The molecule has 0 saturated carbocycles. The molecule has 1 heterocycles. The summed E-state index contributed by atoms with van der Waals surface area (Å²) in [6.07, 6.45) is 1.95. The van der Waals surface area contributed by atoms with Crippen LogP contribution < -0.4 is 0 Å². The van der Waals surface area contributed by atoms with Gasteiger partial charge >= 0.3 is 0 Å². The molecule has 2 aliphatic rings. The predicted octanol–water partition coefficient (Wildman–Crippen LogP) is 1.76. The van der Waals surface area contributed by atoms with Gasteiger partial charge < -0.3 is 9.84 Å². The Balaban J connectivity index is 1.78. The maximum atomic E-state index is 10.5. The normalized spacial score (nSPS) is 33.1. The molecule has 3 heteroatoms. The molecule has 3 nitrogen and oxygen atoms in total. The van der Waals surface area contributed by atoms with Crippen LogP contribution in [-0.4, -0.2) is 41.8 Å². The van der Waals surface area contributed by atoms with Gasteiger partial charge in [-0.25, -0.2) is 0 Å². The third-order valence-corrected chi connectivity index (χ3v) is 4.12. The molecule has 0 spiro atoms. The highest BCUT2D eigenvalue weighted by Gasteiger charge is 2.35. The summed E-state index contributed by atoms with van der Waals surface area (Å²) in [5.74, 6) is 0. The highest BCUT2D eigenvalue weighted by atomic mass is 16.5. The summed E-state index contributed by atoms with van der Waals surface area (Å²) >= 11 is 0. The van der Waals surface area contributed by atoms with E-state index in [1.165, 1.54) is 5.56 Å². The van der Waals surface area contributed by atoms with Crippen LogP contribution in [0.15, 0.2) is 24.3 Å². The Labute approximate surface area is 108 Å². The van der Waals surface area contributed by atoms with Crippen molar-refractivity contribution in [3.63, 3.8) is 0 Å². The lowest BCUT2D eigenvalue weighted by Gasteiger charge is -2.30. The Bertz CT molecular complexity index is 421. The van der Waals surface area contributed by atoms with Crippen molar-refractivity contribution in [2.24, 2.45) is 0 Å². The first-order valence-electron chi connectivity index (χ1n) is 6.87. The molecule has 3 atom stereocenters. The van der Waals surface area contributed by atoms with Crippen LogP contribution in [0.1, 0.15) is 30.6 Å². The van der Waals surface area contributed by atoms with E-state index in [0.717, 1.165) is 38.1 Å². The van der Waals surface area contributed by atoms with Crippen LogP contribution in [0, 0.1) is 0 Å². The van der Waals surface area contributed by atoms with Crippen molar-refractivity contribution < 1.29 is 9.84 Å². The Morgan fingerprint density at radius 2 is 2.17 bits per heavy atom. The van der Waals surface area contributed by atoms with Gasteiger partial charge in [-0.05, 0) is 30.9 Å². The van der Waals surface area contributed by atoms with Crippen LogP contribution in [0.3, 0.4) is 0 Å². The number of hydrogen-bond acceptors (Lipinski definition) is 3. The second-order valence-corrected chi connectivity index (χ2v) is 5.45. The van der Waals surface area contributed by atoms with Gasteiger partial charge in [0.25, 0.3) is 0 Å². The molecule has 1 N–H and O–H groups in total. The standard InChI is InChI=1S/C15H21NO2/c1-11-10-16(7-4-8-18-11)14-9-12-5-2-3-6-13(12)15(14)17/h2-3,5-6,11,14-15,17H,4,7-10H2,1H3. The second-order valence-electron chi connectivity index (χ2n) is 5.45. The van der Waals surface area contributed by atoms with E-state index in [1.54, 1.807) is 0 Å². The molecule has 0 radical (unpaired) electrons. The zero-order chi connectivity index (χ0) is 12.5. The smallest absolute Gasteiger partial charge is 0.0951 e. The summed E-state index contributed by atoms with van der Waals surface area (Å²) in [6.45, 7) is 4.91. The first-order valence-corrected chi connectivity index (χ1v) is 6.87. The minimum absolute atomic E-state index is 0.228. The molecule has 0 aromatic heterocycles. The van der Waals surface area contributed by atoms with Gasteiger partial charge in [0.15, 0.2) is 0 Å². The third-order valence-electron chi connectivity index (χ3n) is 4.12. The van der Waals surface area contributed by atoms with E-state index in [0.29, 0.717) is 0 Å². The minimum atomic E-state index is -0.341. The van der Waals surface area contributed by atoms with Crippen LogP contribution in [0.25, 0.3) is 0 Å². The van der Waals surface area contributed by atoms with Crippen molar-refractivity contribution in [1.29, 1.82) is 0 Å². The Morgan fingerprint density at radius 1 is 1.33 bits per heavy atom. The van der Waals surface area contributed by atoms with Gasteiger partial charge in [-0.3, -0.25) is 4.90 Å². The lowest BCUT2D eigenvalue weighted by atomic mass is 10.1. The molecule has 1 aliphatic carbocycles. The number of rotatable bonds is 1. The Hall–Kier alpha value is -0.900. The first kappa shape index (κ1) is 12.2. The molecule has 18 heavy (non-hydrogen) atoms. The summed E-state index contributed by atoms with van der Waals surface area (Å²) in [5.41, 5.74) is 2.41. The molecular weight excluding hydrogens is 226 g/mol. The maximum Gasteiger partial charge on any atom is 0.0951 e. The van der Waals surface area contributed by atoms with Gasteiger partial charge in [0, 0.05) is 25.7 Å². The van der Waals surface area contributed by atoms with Crippen LogP contribution in [-0.2, 0) is 11.2 Å². The highest BCUT2D eigenvalue weighted by molar-refractivity contribution is 5.35. The van der Waals surface area contributed by atoms with Gasteiger partial charge in [0.2, 0.25) is 0 Å². The average Bonchev–Trinajstić information content (AvgIpc) is 2.56. The molecule has 1 aliphatic heterocycles. The van der Waals surface area contributed by atoms with Crippen molar-refractivity contribution in [3.05, 3.63) is 35.4 Å². The second kappa shape index (κ2) is 5.00. The number of aliphatic hydroxyl groups excluding tert-OH is 1. The summed E-state index contributed by atoms with van der Waals surface area (Å²) in [7, 11) is 0. The van der Waals surface area contributed by atoms with Gasteiger partial charge in [-0.2, -0.15) is 0 Å². The van der Waals surface area contributed by atoms with E-state index in [9.17, 15) is 5.11 Å². The topological polar surface area (TPSA) is 32.7 Å². The molecule has 1 aromatic rings.